The van der Waals surface area contributed by atoms with Gasteiger partial charge in [0.15, 0.2) is 0 Å². The highest BCUT2D eigenvalue weighted by molar-refractivity contribution is 5.79. The minimum absolute atomic E-state index is 0.102. The molecule has 3 rings (SSSR count). The maximum absolute atomic E-state index is 13.8. The number of aromatic nitrogens is 2. The van der Waals surface area contributed by atoms with Crippen LogP contribution in [-0.2, 0) is 11.3 Å². The van der Waals surface area contributed by atoms with Gasteiger partial charge in [0.05, 0.1) is 17.9 Å². The van der Waals surface area contributed by atoms with Gasteiger partial charge < -0.3 is 14.7 Å². The molecule has 1 aromatic carbocycles. The zero-order valence-electron chi connectivity index (χ0n) is 23.0. The van der Waals surface area contributed by atoms with E-state index in [1.54, 1.807) is 0 Å². The van der Waals surface area contributed by atoms with Crippen molar-refractivity contribution >= 4 is 11.7 Å². The molecular formula is C29H47N5O. The number of carbonyl (C=O) groups is 1. The van der Waals surface area contributed by atoms with Crippen molar-refractivity contribution in [2.45, 2.75) is 86.2 Å². The van der Waals surface area contributed by atoms with Crippen LogP contribution in [0.3, 0.4) is 0 Å². The quantitative estimate of drug-likeness (QED) is 0.392. The number of hydrogen-bond acceptors (Lipinski definition) is 4. The van der Waals surface area contributed by atoms with Crippen molar-refractivity contribution in [3.05, 3.63) is 41.6 Å². The molecule has 1 amide bonds. The molecule has 0 N–H and O–H groups in total. The SMILES string of the molecule is CCCCC(CC)C(=O)N(Cc1c(C)nn(-c2ccccc2)c1N1CCN(CC)CC1)C(C)CC. The average molecular weight is 482 g/mol. The summed E-state index contributed by atoms with van der Waals surface area (Å²) in [6.45, 7) is 18.8. The molecule has 0 saturated carbocycles. The lowest BCUT2D eigenvalue weighted by molar-refractivity contribution is -0.138. The van der Waals surface area contributed by atoms with Crippen molar-refractivity contribution in [2.24, 2.45) is 5.92 Å². The van der Waals surface area contributed by atoms with Gasteiger partial charge in [0.2, 0.25) is 5.91 Å². The Balaban J connectivity index is 2.01. The lowest BCUT2D eigenvalue weighted by Crippen LogP contribution is -2.47. The summed E-state index contributed by atoms with van der Waals surface area (Å²) in [5.74, 6) is 1.57. The number of hydrogen-bond donors (Lipinski definition) is 0. The molecule has 0 bridgehead atoms. The molecule has 0 spiro atoms. The van der Waals surface area contributed by atoms with Gasteiger partial charge in [-0.25, -0.2) is 4.68 Å². The lowest BCUT2D eigenvalue weighted by atomic mass is 9.96. The van der Waals surface area contributed by atoms with Crippen LogP contribution < -0.4 is 4.90 Å². The summed E-state index contributed by atoms with van der Waals surface area (Å²) in [4.78, 5) is 21.0. The number of para-hydroxylation sites is 1. The first kappa shape index (κ1) is 27.3. The summed E-state index contributed by atoms with van der Waals surface area (Å²) >= 11 is 0. The fraction of sp³-hybridized carbons (Fsp3) is 0.655. The summed E-state index contributed by atoms with van der Waals surface area (Å²) in [6, 6.07) is 10.6. The van der Waals surface area contributed by atoms with Gasteiger partial charge in [-0.3, -0.25) is 4.79 Å². The van der Waals surface area contributed by atoms with Crippen molar-refractivity contribution in [3.63, 3.8) is 0 Å². The molecule has 1 aliphatic rings. The third-order valence-corrected chi connectivity index (χ3v) is 7.76. The van der Waals surface area contributed by atoms with E-state index in [4.69, 9.17) is 5.10 Å². The Morgan fingerprint density at radius 3 is 2.29 bits per heavy atom. The van der Waals surface area contributed by atoms with Crippen LogP contribution in [0.2, 0.25) is 0 Å². The zero-order valence-corrected chi connectivity index (χ0v) is 23.0. The first-order valence-electron chi connectivity index (χ1n) is 13.9. The topological polar surface area (TPSA) is 44.6 Å². The molecule has 194 valence electrons. The highest BCUT2D eigenvalue weighted by atomic mass is 16.2. The second-order valence-corrected chi connectivity index (χ2v) is 10.0. The first-order chi connectivity index (χ1) is 16.9. The maximum Gasteiger partial charge on any atom is 0.226 e. The Morgan fingerprint density at radius 2 is 1.71 bits per heavy atom. The summed E-state index contributed by atoms with van der Waals surface area (Å²) < 4.78 is 2.11. The van der Waals surface area contributed by atoms with Crippen LogP contribution in [0.15, 0.2) is 30.3 Å². The smallest absolute Gasteiger partial charge is 0.226 e. The zero-order chi connectivity index (χ0) is 25.4. The van der Waals surface area contributed by atoms with Crippen LogP contribution in [0.4, 0.5) is 5.82 Å². The number of carbonyl (C=O) groups excluding carboxylic acids is 1. The van der Waals surface area contributed by atoms with Gasteiger partial charge in [0.1, 0.15) is 5.82 Å². The van der Waals surface area contributed by atoms with E-state index in [2.05, 4.69) is 85.2 Å². The highest BCUT2D eigenvalue weighted by Gasteiger charge is 2.31. The van der Waals surface area contributed by atoms with Crippen LogP contribution in [0, 0.1) is 12.8 Å². The predicted molar refractivity (Wildman–Crippen MR) is 146 cm³/mol. The van der Waals surface area contributed by atoms with Gasteiger partial charge in [-0.1, -0.05) is 58.7 Å². The monoisotopic (exact) mass is 481 g/mol. The summed E-state index contributed by atoms with van der Waals surface area (Å²) in [6.07, 6.45) is 5.07. The number of aryl methyl sites for hydroxylation is 1. The Labute approximate surface area is 213 Å². The van der Waals surface area contributed by atoms with Crippen molar-refractivity contribution in [2.75, 3.05) is 37.6 Å². The number of anilines is 1. The van der Waals surface area contributed by atoms with E-state index in [-0.39, 0.29) is 12.0 Å². The number of likely N-dealkylation sites (N-methyl/N-ethyl adjacent to an activating group) is 1. The molecule has 6 nitrogen and oxygen atoms in total. The van der Waals surface area contributed by atoms with Crippen molar-refractivity contribution in [1.82, 2.24) is 19.6 Å². The molecule has 2 aromatic rings. The van der Waals surface area contributed by atoms with E-state index in [9.17, 15) is 4.79 Å². The molecule has 1 aliphatic heterocycles. The van der Waals surface area contributed by atoms with Crippen molar-refractivity contribution in [3.8, 4) is 5.69 Å². The highest BCUT2D eigenvalue weighted by Crippen LogP contribution is 2.31. The summed E-state index contributed by atoms with van der Waals surface area (Å²) in [5.41, 5.74) is 3.29. The largest absolute Gasteiger partial charge is 0.354 e. The van der Waals surface area contributed by atoms with Gasteiger partial charge in [0.25, 0.3) is 0 Å². The Kier molecular flexibility index (Phi) is 10.2. The third kappa shape index (κ3) is 6.46. The van der Waals surface area contributed by atoms with E-state index in [0.717, 1.165) is 82.0 Å². The molecular weight excluding hydrogens is 434 g/mol. The number of piperazine rings is 1. The molecule has 1 fully saturated rings. The molecule has 2 unspecified atom stereocenters. The van der Waals surface area contributed by atoms with Gasteiger partial charge >= 0.3 is 0 Å². The second kappa shape index (κ2) is 13.1. The van der Waals surface area contributed by atoms with E-state index in [1.165, 1.54) is 5.56 Å². The van der Waals surface area contributed by atoms with Crippen LogP contribution in [-0.4, -0.2) is 64.3 Å². The van der Waals surface area contributed by atoms with Crippen LogP contribution in [0.5, 0.6) is 0 Å². The molecule has 35 heavy (non-hydrogen) atoms. The van der Waals surface area contributed by atoms with Crippen LogP contribution in [0.1, 0.15) is 78.0 Å². The molecule has 2 heterocycles. The van der Waals surface area contributed by atoms with E-state index in [1.807, 2.05) is 6.07 Å². The van der Waals surface area contributed by atoms with Gasteiger partial charge in [-0.15, -0.1) is 0 Å². The average Bonchev–Trinajstić information content (AvgIpc) is 3.23. The number of benzene rings is 1. The van der Waals surface area contributed by atoms with Crippen molar-refractivity contribution in [1.29, 1.82) is 0 Å². The molecule has 6 heteroatoms. The fourth-order valence-corrected chi connectivity index (χ4v) is 5.11. The molecule has 0 aliphatic carbocycles. The van der Waals surface area contributed by atoms with E-state index < -0.39 is 0 Å². The number of rotatable bonds is 12. The Bertz CT molecular complexity index is 917. The second-order valence-electron chi connectivity index (χ2n) is 10.0. The molecule has 1 aromatic heterocycles. The minimum Gasteiger partial charge on any atom is -0.354 e. The Morgan fingerprint density at radius 1 is 1.03 bits per heavy atom. The predicted octanol–water partition coefficient (Wildman–Crippen LogP) is 5.67. The van der Waals surface area contributed by atoms with Crippen molar-refractivity contribution < 1.29 is 4.79 Å². The maximum atomic E-state index is 13.8. The van der Waals surface area contributed by atoms with E-state index in [0.29, 0.717) is 12.5 Å². The molecule has 2 atom stereocenters. The van der Waals surface area contributed by atoms with Gasteiger partial charge in [-0.05, 0) is 51.8 Å². The van der Waals surface area contributed by atoms with Gasteiger partial charge in [-0.2, -0.15) is 5.10 Å². The van der Waals surface area contributed by atoms with Gasteiger partial charge in [0, 0.05) is 43.7 Å². The first-order valence-corrected chi connectivity index (χ1v) is 13.9. The number of nitrogens with zero attached hydrogens (tertiary/aromatic N) is 5. The molecule has 0 radical (unpaired) electrons. The fourth-order valence-electron chi connectivity index (χ4n) is 5.11. The number of amides is 1. The summed E-state index contributed by atoms with van der Waals surface area (Å²) in [5, 5.41) is 5.03. The lowest BCUT2D eigenvalue weighted by Gasteiger charge is -2.37. The minimum atomic E-state index is 0.102. The normalized spacial score (nSPS) is 16.3. The van der Waals surface area contributed by atoms with Crippen LogP contribution in [0.25, 0.3) is 5.69 Å². The number of unbranched alkanes of at least 4 members (excludes halogenated alkanes) is 1. The summed E-state index contributed by atoms with van der Waals surface area (Å²) in [7, 11) is 0. The van der Waals surface area contributed by atoms with Crippen LogP contribution >= 0.6 is 0 Å². The van der Waals surface area contributed by atoms with E-state index >= 15 is 0 Å². The standard InChI is InChI=1S/C29H47N5O/c1-7-11-15-25(9-3)29(35)33(23(5)8-2)22-27-24(6)30-34(26-16-13-12-14-17-26)28(27)32-20-18-31(10-4)19-21-32/h12-14,16-17,23,25H,7-11,15,18-22H2,1-6H3. The Hall–Kier alpha value is -2.34. The third-order valence-electron chi connectivity index (χ3n) is 7.76. The molecule has 1 saturated heterocycles.